The van der Waals surface area contributed by atoms with Gasteiger partial charge in [0, 0.05) is 36.0 Å². The van der Waals surface area contributed by atoms with Crippen molar-refractivity contribution in [1.29, 1.82) is 0 Å². The molecular formula is C25H25ClF3N7O. The van der Waals surface area contributed by atoms with Gasteiger partial charge in [0.05, 0.1) is 50.3 Å². The van der Waals surface area contributed by atoms with E-state index in [1.807, 2.05) is 22.8 Å². The predicted molar refractivity (Wildman–Crippen MR) is 128 cm³/mol. The van der Waals surface area contributed by atoms with Crippen molar-refractivity contribution < 1.29 is 17.9 Å². The summed E-state index contributed by atoms with van der Waals surface area (Å²) in [7, 11) is 0. The van der Waals surface area contributed by atoms with Crippen LogP contribution in [0.1, 0.15) is 36.0 Å². The Bertz CT molecular complexity index is 1330. The molecule has 8 nitrogen and oxygen atoms in total. The third-order valence-electron chi connectivity index (χ3n) is 8.13. The van der Waals surface area contributed by atoms with E-state index in [1.54, 1.807) is 4.90 Å². The van der Waals surface area contributed by atoms with Crippen molar-refractivity contribution in [1.82, 2.24) is 29.6 Å². The maximum absolute atomic E-state index is 14.9. The summed E-state index contributed by atoms with van der Waals surface area (Å²) in [6, 6.07) is 5.60. The number of aromatic nitrogens is 5. The van der Waals surface area contributed by atoms with Gasteiger partial charge < -0.3 is 9.64 Å². The number of anilines is 1. The molecule has 1 saturated carbocycles. The molecule has 0 amide bonds. The topological polar surface area (TPSA) is 72.2 Å². The lowest BCUT2D eigenvalue weighted by atomic mass is 9.57. The van der Waals surface area contributed by atoms with E-state index in [0.29, 0.717) is 23.3 Å². The molecule has 37 heavy (non-hydrogen) atoms. The molecule has 0 atom stereocenters. The minimum absolute atomic E-state index is 0.0950. The SMILES string of the molecule is Fc1cnc(N2CC3(CC(c4nnc5n4-c4ccc(Cl)cc4CN(CC(F)(F)C4COC4)C5)C3)C2)nc1. The van der Waals surface area contributed by atoms with Crippen molar-refractivity contribution in [2.45, 2.75) is 37.8 Å². The number of fused-ring (bicyclic) bond motifs is 3. The van der Waals surface area contributed by atoms with Crippen molar-refractivity contribution in [2.75, 3.05) is 37.7 Å². The third kappa shape index (κ3) is 3.98. The van der Waals surface area contributed by atoms with Gasteiger partial charge in [-0.3, -0.25) is 9.47 Å². The fraction of sp³-hybridized carbons (Fsp3) is 0.520. The summed E-state index contributed by atoms with van der Waals surface area (Å²) in [5.41, 5.74) is 1.93. The summed E-state index contributed by atoms with van der Waals surface area (Å²) in [4.78, 5) is 12.0. The first kappa shape index (κ1) is 23.4. The van der Waals surface area contributed by atoms with Crippen LogP contribution >= 0.6 is 11.6 Å². The van der Waals surface area contributed by atoms with Crippen LogP contribution in [0.15, 0.2) is 30.6 Å². The van der Waals surface area contributed by atoms with Gasteiger partial charge in [0.1, 0.15) is 5.82 Å². The molecule has 3 aliphatic heterocycles. The molecule has 0 N–H and O–H groups in total. The Morgan fingerprint density at radius 1 is 1.08 bits per heavy atom. The normalized spacial score (nSPS) is 21.6. The summed E-state index contributed by atoms with van der Waals surface area (Å²) in [6.07, 6.45) is 4.25. The van der Waals surface area contributed by atoms with Crippen molar-refractivity contribution in [3.63, 3.8) is 0 Å². The average molecular weight is 532 g/mol. The number of rotatable bonds is 5. The lowest BCUT2D eigenvalue weighted by molar-refractivity contribution is -0.179. The standard InChI is InChI=1S/C25H25ClF3N7O/c26-18-1-2-20-15(3-18)8-34(14-25(28,29)17-10-37-11-17)9-21-32-33-22(36(20)21)16-4-24(5-16)12-35(13-24)23-30-6-19(27)7-31-23/h1-3,6-7,16-17H,4-5,8-14H2. The Hall–Kier alpha value is -2.76. The highest BCUT2D eigenvalue weighted by molar-refractivity contribution is 6.30. The highest BCUT2D eigenvalue weighted by Crippen LogP contribution is 2.56. The molecule has 3 fully saturated rings. The molecule has 5 heterocycles. The van der Waals surface area contributed by atoms with Gasteiger partial charge in [-0.2, -0.15) is 0 Å². The minimum Gasteiger partial charge on any atom is -0.380 e. The number of hydrogen-bond acceptors (Lipinski definition) is 7. The van der Waals surface area contributed by atoms with Crippen LogP contribution in [0.2, 0.25) is 5.02 Å². The Morgan fingerprint density at radius 3 is 2.54 bits per heavy atom. The van der Waals surface area contributed by atoms with Crippen LogP contribution in [-0.4, -0.2) is 68.4 Å². The van der Waals surface area contributed by atoms with Crippen molar-refractivity contribution in [3.05, 3.63) is 58.6 Å². The van der Waals surface area contributed by atoms with Crippen LogP contribution in [0.5, 0.6) is 0 Å². The number of nitrogens with zero attached hydrogens (tertiary/aromatic N) is 7. The molecule has 3 aromatic rings. The number of halogens is 4. The number of ether oxygens (including phenoxy) is 1. The van der Waals surface area contributed by atoms with Gasteiger partial charge in [0.15, 0.2) is 11.6 Å². The smallest absolute Gasteiger partial charge is 0.267 e. The fourth-order valence-corrected chi connectivity index (χ4v) is 6.37. The third-order valence-corrected chi connectivity index (χ3v) is 8.37. The quantitative estimate of drug-likeness (QED) is 0.495. The largest absolute Gasteiger partial charge is 0.380 e. The molecule has 2 aromatic heterocycles. The number of alkyl halides is 2. The second kappa shape index (κ2) is 8.37. The lowest BCUT2D eigenvalue weighted by Crippen LogP contribution is -2.62. The zero-order valence-electron chi connectivity index (χ0n) is 20.0. The maximum atomic E-state index is 14.9. The summed E-state index contributed by atoms with van der Waals surface area (Å²) >= 11 is 6.31. The van der Waals surface area contributed by atoms with Gasteiger partial charge in [0.25, 0.3) is 5.92 Å². The predicted octanol–water partition coefficient (Wildman–Crippen LogP) is 3.83. The van der Waals surface area contributed by atoms with E-state index < -0.39 is 17.7 Å². The van der Waals surface area contributed by atoms with Crippen molar-refractivity contribution >= 4 is 17.5 Å². The molecule has 1 spiro atoms. The molecule has 4 aliphatic rings. The van der Waals surface area contributed by atoms with E-state index in [1.165, 1.54) is 12.4 Å². The second-order valence-corrected chi connectivity index (χ2v) is 11.3. The van der Waals surface area contributed by atoms with Crippen LogP contribution in [-0.2, 0) is 17.8 Å². The van der Waals surface area contributed by atoms with Crippen molar-refractivity contribution in [3.8, 4) is 5.69 Å². The summed E-state index contributed by atoms with van der Waals surface area (Å²) < 4.78 is 50.0. The van der Waals surface area contributed by atoms with Gasteiger partial charge in [-0.15, -0.1) is 10.2 Å². The Balaban J connectivity index is 1.12. The highest BCUT2D eigenvalue weighted by Gasteiger charge is 2.55. The average Bonchev–Trinajstić information content (AvgIpc) is 3.07. The zero-order chi connectivity index (χ0) is 25.4. The fourth-order valence-electron chi connectivity index (χ4n) is 6.17. The summed E-state index contributed by atoms with van der Waals surface area (Å²) in [6.45, 7) is 2.07. The van der Waals surface area contributed by atoms with E-state index in [0.717, 1.165) is 43.0 Å². The Morgan fingerprint density at radius 2 is 1.84 bits per heavy atom. The van der Waals surface area contributed by atoms with Crippen LogP contribution in [0.25, 0.3) is 5.69 Å². The van der Waals surface area contributed by atoms with Crippen molar-refractivity contribution in [2.24, 2.45) is 11.3 Å². The van der Waals surface area contributed by atoms with Gasteiger partial charge in [-0.25, -0.2) is 23.1 Å². The monoisotopic (exact) mass is 531 g/mol. The Kier molecular flexibility index (Phi) is 5.29. The van der Waals surface area contributed by atoms with Gasteiger partial charge in [-0.05, 0) is 36.6 Å². The van der Waals surface area contributed by atoms with Crippen LogP contribution in [0, 0.1) is 17.2 Å². The summed E-state index contributed by atoms with van der Waals surface area (Å²) in [5, 5.41) is 9.58. The van der Waals surface area contributed by atoms with Gasteiger partial charge >= 0.3 is 0 Å². The molecule has 1 aliphatic carbocycles. The molecule has 0 unspecified atom stereocenters. The molecule has 7 rings (SSSR count). The van der Waals surface area contributed by atoms with Crippen LogP contribution < -0.4 is 4.90 Å². The van der Waals surface area contributed by atoms with E-state index in [4.69, 9.17) is 16.3 Å². The first-order valence-electron chi connectivity index (χ1n) is 12.4. The van der Waals surface area contributed by atoms with Gasteiger partial charge in [-0.1, -0.05) is 11.6 Å². The lowest BCUT2D eigenvalue weighted by Gasteiger charge is -2.58. The first-order chi connectivity index (χ1) is 17.8. The molecule has 194 valence electrons. The van der Waals surface area contributed by atoms with E-state index >= 15 is 0 Å². The first-order valence-corrected chi connectivity index (χ1v) is 12.8. The number of hydrogen-bond donors (Lipinski definition) is 0. The molecular weight excluding hydrogens is 507 g/mol. The molecule has 0 radical (unpaired) electrons. The van der Waals surface area contributed by atoms with E-state index in [9.17, 15) is 13.2 Å². The van der Waals surface area contributed by atoms with Crippen LogP contribution in [0.3, 0.4) is 0 Å². The highest BCUT2D eigenvalue weighted by atomic mass is 35.5. The maximum Gasteiger partial charge on any atom is 0.267 e. The van der Waals surface area contributed by atoms with E-state index in [-0.39, 0.29) is 37.6 Å². The minimum atomic E-state index is -2.85. The molecule has 2 saturated heterocycles. The van der Waals surface area contributed by atoms with E-state index in [2.05, 4.69) is 25.1 Å². The zero-order valence-corrected chi connectivity index (χ0v) is 20.7. The second-order valence-electron chi connectivity index (χ2n) is 10.9. The molecule has 1 aromatic carbocycles. The Labute approximate surface area is 216 Å². The van der Waals surface area contributed by atoms with Crippen LogP contribution in [0.4, 0.5) is 19.1 Å². The van der Waals surface area contributed by atoms with Gasteiger partial charge in [0.2, 0.25) is 5.95 Å². The summed E-state index contributed by atoms with van der Waals surface area (Å²) in [5.74, 6) is -1.77. The number of benzene rings is 1. The molecule has 0 bridgehead atoms. The molecule has 12 heteroatoms.